The summed E-state index contributed by atoms with van der Waals surface area (Å²) in [5.74, 6) is 0. The van der Waals surface area contributed by atoms with Gasteiger partial charge in [-0.2, -0.15) is 0 Å². The highest BCUT2D eigenvalue weighted by molar-refractivity contribution is 5.24. The lowest BCUT2D eigenvalue weighted by Gasteiger charge is -1.82. The van der Waals surface area contributed by atoms with E-state index in [0.717, 1.165) is 6.42 Å². The molecule has 1 nitrogen and oxygen atoms in total. The van der Waals surface area contributed by atoms with Gasteiger partial charge in [-0.15, -0.1) is 0 Å². The molecular weight excluding hydrogens is 136 g/mol. The number of methoxy groups -OCH3 is 1. The maximum atomic E-state index is 4.25. The quantitative estimate of drug-likeness (QED) is 0.518. The van der Waals surface area contributed by atoms with Gasteiger partial charge in [-0.25, -0.2) is 0 Å². The second-order valence-electron chi connectivity index (χ2n) is 2.38. The molecule has 0 aromatic rings. The first-order chi connectivity index (χ1) is 5.31. The molecule has 0 atom stereocenters. The molecule has 62 valence electrons. The predicted molar refractivity (Wildman–Crippen MR) is 49.6 cm³/mol. The van der Waals surface area contributed by atoms with Gasteiger partial charge in [-0.05, 0) is 13.3 Å². The fourth-order valence-corrected chi connectivity index (χ4v) is 0.686. The van der Waals surface area contributed by atoms with Crippen LogP contribution in [0.15, 0.2) is 36.0 Å². The highest BCUT2D eigenvalue weighted by Gasteiger charge is 1.81. The van der Waals surface area contributed by atoms with E-state index >= 15 is 0 Å². The molecule has 0 amide bonds. The summed E-state index contributed by atoms with van der Waals surface area (Å²) in [6.45, 7) is 2.11. The van der Waals surface area contributed by atoms with Gasteiger partial charge in [-0.1, -0.05) is 36.0 Å². The minimum atomic E-state index is 1.08. The number of hydrogen-bond acceptors (Lipinski definition) is 1. The van der Waals surface area contributed by atoms with Crippen LogP contribution in [-0.4, -0.2) is 14.2 Å². The van der Waals surface area contributed by atoms with Crippen LogP contribution in [0, 0.1) is 0 Å². The monoisotopic (exact) mass is 152 g/mol. The molecule has 0 fully saturated rings. The van der Waals surface area contributed by atoms with Crippen molar-refractivity contribution < 1.29 is 4.74 Å². The minimum Gasteiger partial charge on any atom is -0.388 e. The molecule has 1 aliphatic carbocycles. The van der Waals surface area contributed by atoms with Crippen molar-refractivity contribution in [3.05, 3.63) is 36.0 Å². The van der Waals surface area contributed by atoms with E-state index < -0.39 is 0 Å². The third-order valence-corrected chi connectivity index (χ3v) is 1.18. The zero-order chi connectivity index (χ0) is 8.53. The third kappa shape index (κ3) is 7.07. The smallest absolute Gasteiger partial charge is 0.0351 e. The van der Waals surface area contributed by atoms with Crippen LogP contribution in [0.5, 0.6) is 0 Å². The normalized spacial score (nSPS) is 14.6. The first-order valence-corrected chi connectivity index (χ1v) is 3.71. The molecule has 11 heavy (non-hydrogen) atoms. The average molecular weight is 152 g/mol. The molecule has 0 radical (unpaired) electrons. The number of hydrogen-bond donors (Lipinski definition) is 0. The Morgan fingerprint density at radius 1 is 1.27 bits per heavy atom. The molecule has 0 saturated heterocycles. The first-order valence-electron chi connectivity index (χ1n) is 3.71. The molecule has 0 unspecified atom stereocenters. The minimum absolute atomic E-state index is 1.08. The Kier molecular flexibility index (Phi) is 6.75. The number of rotatable bonds is 0. The van der Waals surface area contributed by atoms with Gasteiger partial charge in [0.25, 0.3) is 0 Å². The topological polar surface area (TPSA) is 9.23 Å². The molecule has 0 heterocycles. The zero-order valence-electron chi connectivity index (χ0n) is 7.50. The molecule has 1 rings (SSSR count). The number of allylic oxidation sites excluding steroid dienone is 6. The molecule has 0 aromatic carbocycles. The van der Waals surface area contributed by atoms with Gasteiger partial charge in [0.15, 0.2) is 0 Å². The molecule has 0 N–H and O–H groups in total. The van der Waals surface area contributed by atoms with E-state index in [1.54, 1.807) is 14.2 Å². The molecule has 0 bridgehead atoms. The standard InChI is InChI=1S/C8H10.C2H6O/c1-8-6-4-2-3-5-7-8;1-3-2/h2-4,6-7H,5H2,1H3;1-2H3. The molecular formula is C10H16O. The van der Waals surface area contributed by atoms with Crippen molar-refractivity contribution >= 4 is 0 Å². The van der Waals surface area contributed by atoms with Gasteiger partial charge < -0.3 is 4.74 Å². The van der Waals surface area contributed by atoms with Crippen molar-refractivity contribution in [1.29, 1.82) is 0 Å². The Bertz CT molecular complexity index is 161. The Morgan fingerprint density at radius 3 is 2.55 bits per heavy atom. The zero-order valence-corrected chi connectivity index (χ0v) is 7.50. The summed E-state index contributed by atoms with van der Waals surface area (Å²) in [6, 6.07) is 0. The molecule has 0 aromatic heterocycles. The summed E-state index contributed by atoms with van der Waals surface area (Å²) in [6.07, 6.45) is 11.7. The highest BCUT2D eigenvalue weighted by Crippen LogP contribution is 2.01. The van der Waals surface area contributed by atoms with Crippen molar-refractivity contribution in [1.82, 2.24) is 0 Å². The Labute approximate surface area is 69.1 Å². The molecule has 0 saturated carbocycles. The summed E-state index contributed by atoms with van der Waals surface area (Å²) in [4.78, 5) is 0. The van der Waals surface area contributed by atoms with Gasteiger partial charge >= 0.3 is 0 Å². The molecule has 0 aliphatic heterocycles. The van der Waals surface area contributed by atoms with E-state index in [9.17, 15) is 0 Å². The fourth-order valence-electron chi connectivity index (χ4n) is 0.686. The largest absolute Gasteiger partial charge is 0.388 e. The second-order valence-corrected chi connectivity index (χ2v) is 2.38. The van der Waals surface area contributed by atoms with E-state index in [0.29, 0.717) is 0 Å². The van der Waals surface area contributed by atoms with Crippen LogP contribution < -0.4 is 0 Å². The van der Waals surface area contributed by atoms with Crippen molar-refractivity contribution in [2.45, 2.75) is 13.3 Å². The third-order valence-electron chi connectivity index (χ3n) is 1.18. The van der Waals surface area contributed by atoms with E-state index in [1.165, 1.54) is 5.57 Å². The number of ether oxygens (including phenoxy) is 1. The summed E-state index contributed by atoms with van der Waals surface area (Å²) in [5, 5.41) is 0. The van der Waals surface area contributed by atoms with Crippen molar-refractivity contribution in [3.8, 4) is 0 Å². The molecule has 1 aliphatic rings. The van der Waals surface area contributed by atoms with Crippen LogP contribution in [0.1, 0.15) is 13.3 Å². The van der Waals surface area contributed by atoms with Gasteiger partial charge in [-0.3, -0.25) is 0 Å². The first kappa shape index (κ1) is 10.2. The Morgan fingerprint density at radius 2 is 1.91 bits per heavy atom. The van der Waals surface area contributed by atoms with Crippen molar-refractivity contribution in [2.75, 3.05) is 14.2 Å². The SMILES string of the molecule is CC1=CCC=CC=C1.COC. The van der Waals surface area contributed by atoms with Crippen LogP contribution in [0.4, 0.5) is 0 Å². The maximum Gasteiger partial charge on any atom is 0.0351 e. The Hall–Kier alpha value is -0.820. The van der Waals surface area contributed by atoms with Gasteiger partial charge in [0.1, 0.15) is 0 Å². The Balaban J connectivity index is 0.000000292. The lowest BCUT2D eigenvalue weighted by molar-refractivity contribution is 0.277. The highest BCUT2D eigenvalue weighted by atomic mass is 16.4. The molecule has 0 spiro atoms. The van der Waals surface area contributed by atoms with Crippen molar-refractivity contribution in [2.24, 2.45) is 0 Å². The summed E-state index contributed by atoms with van der Waals surface area (Å²) >= 11 is 0. The van der Waals surface area contributed by atoms with E-state index in [2.05, 4.69) is 42.0 Å². The van der Waals surface area contributed by atoms with E-state index in [4.69, 9.17) is 0 Å². The van der Waals surface area contributed by atoms with Crippen LogP contribution in [0.3, 0.4) is 0 Å². The fraction of sp³-hybridized carbons (Fsp3) is 0.400. The van der Waals surface area contributed by atoms with Crippen molar-refractivity contribution in [3.63, 3.8) is 0 Å². The second kappa shape index (κ2) is 7.29. The maximum absolute atomic E-state index is 4.25. The van der Waals surface area contributed by atoms with E-state index in [-0.39, 0.29) is 0 Å². The average Bonchev–Trinajstić information content (AvgIpc) is 2.18. The summed E-state index contributed by atoms with van der Waals surface area (Å²) < 4.78 is 4.25. The predicted octanol–water partition coefficient (Wildman–Crippen LogP) is 2.71. The van der Waals surface area contributed by atoms with Crippen LogP contribution in [0.2, 0.25) is 0 Å². The lowest BCUT2D eigenvalue weighted by atomic mass is 10.2. The molecule has 1 heteroatoms. The van der Waals surface area contributed by atoms with Gasteiger partial charge in [0, 0.05) is 14.2 Å². The van der Waals surface area contributed by atoms with Gasteiger partial charge in [0.2, 0.25) is 0 Å². The lowest BCUT2D eigenvalue weighted by Crippen LogP contribution is -1.62. The van der Waals surface area contributed by atoms with E-state index in [1.807, 2.05) is 0 Å². The van der Waals surface area contributed by atoms with Gasteiger partial charge in [0.05, 0.1) is 0 Å². The van der Waals surface area contributed by atoms with Crippen LogP contribution in [0.25, 0.3) is 0 Å². The van der Waals surface area contributed by atoms with Crippen LogP contribution >= 0.6 is 0 Å². The van der Waals surface area contributed by atoms with Crippen LogP contribution in [-0.2, 0) is 4.74 Å². The summed E-state index contributed by atoms with van der Waals surface area (Å²) in [7, 11) is 3.25. The summed E-state index contributed by atoms with van der Waals surface area (Å²) in [5.41, 5.74) is 1.36.